The third-order valence-electron chi connectivity index (χ3n) is 3.03. The zero-order valence-electron chi connectivity index (χ0n) is 9.86. The van der Waals surface area contributed by atoms with Gasteiger partial charge in [0.05, 0.1) is 0 Å². The number of hydrogen-bond acceptors (Lipinski definition) is 3. The van der Waals surface area contributed by atoms with Crippen LogP contribution < -0.4 is 4.90 Å². The standard InChI is InChI=1S/C12H18ClN3/c1-9(2)8-10-4-3-7-16(10)11-5-6-14-12(13)15-11/h5-6,9-10H,3-4,7-8H2,1-2H3/t10-/m1/s1. The average molecular weight is 240 g/mol. The van der Waals surface area contributed by atoms with Gasteiger partial charge in [-0.05, 0) is 42.8 Å². The van der Waals surface area contributed by atoms with Crippen LogP contribution in [0.2, 0.25) is 5.28 Å². The fourth-order valence-corrected chi connectivity index (χ4v) is 2.56. The van der Waals surface area contributed by atoms with Gasteiger partial charge in [-0.3, -0.25) is 0 Å². The smallest absolute Gasteiger partial charge is 0.224 e. The lowest BCUT2D eigenvalue weighted by Gasteiger charge is -2.26. The number of anilines is 1. The first-order valence-electron chi connectivity index (χ1n) is 5.92. The molecule has 0 radical (unpaired) electrons. The Kier molecular flexibility index (Phi) is 3.64. The van der Waals surface area contributed by atoms with Gasteiger partial charge in [-0.2, -0.15) is 0 Å². The molecule has 1 aliphatic heterocycles. The largest absolute Gasteiger partial charge is 0.353 e. The number of hydrogen-bond donors (Lipinski definition) is 0. The molecule has 1 atom stereocenters. The fourth-order valence-electron chi connectivity index (χ4n) is 2.41. The van der Waals surface area contributed by atoms with Crippen molar-refractivity contribution in [3.05, 3.63) is 17.5 Å². The van der Waals surface area contributed by atoms with Crippen LogP contribution in [0, 0.1) is 5.92 Å². The number of halogens is 1. The zero-order chi connectivity index (χ0) is 11.5. The second-order valence-corrected chi connectivity index (χ2v) is 5.14. The molecule has 3 nitrogen and oxygen atoms in total. The lowest BCUT2D eigenvalue weighted by molar-refractivity contribution is 0.492. The number of rotatable bonds is 3. The van der Waals surface area contributed by atoms with Crippen LogP contribution in [0.4, 0.5) is 5.82 Å². The summed E-state index contributed by atoms with van der Waals surface area (Å²) < 4.78 is 0. The first kappa shape index (κ1) is 11.6. The van der Waals surface area contributed by atoms with Crippen LogP contribution in [0.5, 0.6) is 0 Å². The van der Waals surface area contributed by atoms with Crippen molar-refractivity contribution in [1.29, 1.82) is 0 Å². The van der Waals surface area contributed by atoms with E-state index in [4.69, 9.17) is 11.6 Å². The molecule has 1 fully saturated rings. The van der Waals surface area contributed by atoms with Crippen molar-refractivity contribution < 1.29 is 0 Å². The first-order valence-corrected chi connectivity index (χ1v) is 6.30. The highest BCUT2D eigenvalue weighted by molar-refractivity contribution is 6.28. The maximum atomic E-state index is 5.83. The highest BCUT2D eigenvalue weighted by atomic mass is 35.5. The van der Waals surface area contributed by atoms with Crippen LogP contribution in [0.25, 0.3) is 0 Å². The molecule has 0 bridgehead atoms. The van der Waals surface area contributed by atoms with E-state index in [0.29, 0.717) is 11.3 Å². The van der Waals surface area contributed by atoms with Gasteiger partial charge in [-0.1, -0.05) is 13.8 Å². The Labute approximate surface area is 102 Å². The summed E-state index contributed by atoms with van der Waals surface area (Å²) in [5, 5.41) is 0.340. The van der Waals surface area contributed by atoms with Crippen LogP contribution in [0.15, 0.2) is 12.3 Å². The van der Waals surface area contributed by atoms with E-state index in [-0.39, 0.29) is 0 Å². The molecule has 16 heavy (non-hydrogen) atoms. The molecular weight excluding hydrogens is 222 g/mol. The topological polar surface area (TPSA) is 29.0 Å². The van der Waals surface area contributed by atoms with E-state index >= 15 is 0 Å². The Morgan fingerprint density at radius 1 is 1.56 bits per heavy atom. The molecule has 2 rings (SSSR count). The summed E-state index contributed by atoms with van der Waals surface area (Å²) in [5.74, 6) is 1.70. The average Bonchev–Trinajstić information content (AvgIpc) is 2.65. The van der Waals surface area contributed by atoms with Crippen molar-refractivity contribution >= 4 is 17.4 Å². The van der Waals surface area contributed by atoms with E-state index in [0.717, 1.165) is 18.3 Å². The third kappa shape index (κ3) is 2.64. The highest BCUT2D eigenvalue weighted by Crippen LogP contribution is 2.28. The monoisotopic (exact) mass is 239 g/mol. The van der Waals surface area contributed by atoms with E-state index in [2.05, 4.69) is 28.7 Å². The van der Waals surface area contributed by atoms with Gasteiger partial charge in [-0.25, -0.2) is 9.97 Å². The van der Waals surface area contributed by atoms with Crippen molar-refractivity contribution in [3.63, 3.8) is 0 Å². The minimum Gasteiger partial charge on any atom is -0.353 e. The van der Waals surface area contributed by atoms with E-state index in [1.54, 1.807) is 6.20 Å². The van der Waals surface area contributed by atoms with Crippen molar-refractivity contribution in [1.82, 2.24) is 9.97 Å². The van der Waals surface area contributed by atoms with E-state index < -0.39 is 0 Å². The molecule has 1 saturated heterocycles. The summed E-state index contributed by atoms with van der Waals surface area (Å²) in [6.07, 6.45) is 5.47. The fraction of sp³-hybridized carbons (Fsp3) is 0.667. The van der Waals surface area contributed by atoms with Crippen LogP contribution >= 0.6 is 11.6 Å². The molecule has 0 saturated carbocycles. The number of aromatic nitrogens is 2. The first-order chi connectivity index (χ1) is 7.66. The summed E-state index contributed by atoms with van der Waals surface area (Å²) in [6, 6.07) is 2.57. The van der Waals surface area contributed by atoms with Crippen molar-refractivity contribution in [2.75, 3.05) is 11.4 Å². The minimum atomic E-state index is 0.340. The van der Waals surface area contributed by atoms with Gasteiger partial charge in [0.25, 0.3) is 0 Å². The Bertz CT molecular complexity index is 354. The molecule has 0 amide bonds. The van der Waals surface area contributed by atoms with Crippen molar-refractivity contribution in [3.8, 4) is 0 Å². The van der Waals surface area contributed by atoms with Crippen molar-refractivity contribution in [2.24, 2.45) is 5.92 Å². The zero-order valence-corrected chi connectivity index (χ0v) is 10.6. The van der Waals surface area contributed by atoms with Gasteiger partial charge >= 0.3 is 0 Å². The predicted octanol–water partition coefficient (Wildman–Crippen LogP) is 3.14. The second kappa shape index (κ2) is 5.00. The van der Waals surface area contributed by atoms with E-state index in [1.807, 2.05) is 6.07 Å². The SMILES string of the molecule is CC(C)C[C@H]1CCCN1c1ccnc(Cl)n1. The normalized spacial score (nSPS) is 20.8. The Morgan fingerprint density at radius 3 is 3.06 bits per heavy atom. The molecule has 0 N–H and O–H groups in total. The lowest BCUT2D eigenvalue weighted by atomic mass is 10.0. The van der Waals surface area contributed by atoms with Crippen LogP contribution in [0.3, 0.4) is 0 Å². The molecule has 1 aromatic rings. The van der Waals surface area contributed by atoms with Gasteiger partial charge in [-0.15, -0.1) is 0 Å². The molecular formula is C12H18ClN3. The lowest BCUT2D eigenvalue weighted by Crippen LogP contribution is -2.31. The van der Waals surface area contributed by atoms with Gasteiger partial charge in [0, 0.05) is 18.8 Å². The summed E-state index contributed by atoms with van der Waals surface area (Å²) in [7, 11) is 0. The maximum absolute atomic E-state index is 5.83. The quantitative estimate of drug-likeness (QED) is 0.759. The third-order valence-corrected chi connectivity index (χ3v) is 3.21. The summed E-state index contributed by atoms with van der Waals surface area (Å²) in [5.41, 5.74) is 0. The van der Waals surface area contributed by atoms with Crippen molar-refractivity contribution in [2.45, 2.75) is 39.2 Å². The molecule has 88 valence electrons. The van der Waals surface area contributed by atoms with Gasteiger partial charge < -0.3 is 4.90 Å². The van der Waals surface area contributed by atoms with Crippen LogP contribution in [-0.4, -0.2) is 22.6 Å². The van der Waals surface area contributed by atoms with Crippen LogP contribution in [0.1, 0.15) is 33.1 Å². The van der Waals surface area contributed by atoms with Gasteiger partial charge in [0.15, 0.2) is 0 Å². The molecule has 0 unspecified atom stereocenters. The Balaban J connectivity index is 2.13. The Morgan fingerprint density at radius 2 is 2.38 bits per heavy atom. The molecule has 0 spiro atoms. The highest BCUT2D eigenvalue weighted by Gasteiger charge is 2.26. The summed E-state index contributed by atoms with van der Waals surface area (Å²) >= 11 is 5.83. The predicted molar refractivity (Wildman–Crippen MR) is 66.9 cm³/mol. The Hall–Kier alpha value is -0.830. The molecule has 4 heteroatoms. The van der Waals surface area contributed by atoms with E-state index in [1.165, 1.54) is 19.3 Å². The summed E-state index contributed by atoms with van der Waals surface area (Å²) in [6.45, 7) is 5.62. The van der Waals surface area contributed by atoms with Gasteiger partial charge in [0.2, 0.25) is 5.28 Å². The van der Waals surface area contributed by atoms with Gasteiger partial charge in [0.1, 0.15) is 5.82 Å². The van der Waals surface area contributed by atoms with E-state index in [9.17, 15) is 0 Å². The minimum absolute atomic E-state index is 0.340. The molecule has 0 aromatic carbocycles. The number of nitrogens with zero attached hydrogens (tertiary/aromatic N) is 3. The van der Waals surface area contributed by atoms with Crippen LogP contribution in [-0.2, 0) is 0 Å². The molecule has 1 aromatic heterocycles. The maximum Gasteiger partial charge on any atom is 0.224 e. The second-order valence-electron chi connectivity index (χ2n) is 4.80. The molecule has 1 aliphatic rings. The molecule has 0 aliphatic carbocycles. The molecule has 2 heterocycles. The summed E-state index contributed by atoms with van der Waals surface area (Å²) in [4.78, 5) is 10.6.